The molecule has 1 unspecified atom stereocenters. The van der Waals surface area contributed by atoms with Gasteiger partial charge in [-0.05, 0) is 49.8 Å². The maximum Gasteiger partial charge on any atom is 0.220 e. The molecule has 1 fully saturated rings. The van der Waals surface area contributed by atoms with E-state index in [0.29, 0.717) is 6.42 Å². The highest BCUT2D eigenvalue weighted by Gasteiger charge is 2.36. The number of carbonyl (C=O) groups excluding carboxylic acids is 1. The molecule has 0 aromatic heterocycles. The molecule has 1 N–H and O–H groups in total. The van der Waals surface area contributed by atoms with Crippen LogP contribution in [-0.4, -0.2) is 11.4 Å². The van der Waals surface area contributed by atoms with Gasteiger partial charge >= 0.3 is 0 Å². The number of benzene rings is 1. The average molecular weight is 231 g/mol. The van der Waals surface area contributed by atoms with Crippen molar-refractivity contribution in [2.45, 2.75) is 52.0 Å². The van der Waals surface area contributed by atoms with Crippen molar-refractivity contribution in [1.82, 2.24) is 5.32 Å². The molecule has 92 valence electrons. The van der Waals surface area contributed by atoms with Crippen LogP contribution in [0, 0.1) is 13.8 Å². The van der Waals surface area contributed by atoms with Crippen LogP contribution in [0.3, 0.4) is 0 Å². The molecule has 0 bridgehead atoms. The van der Waals surface area contributed by atoms with Crippen molar-refractivity contribution in [2.75, 3.05) is 0 Å². The van der Waals surface area contributed by atoms with Crippen LogP contribution in [0.15, 0.2) is 18.2 Å². The Balaban J connectivity index is 2.28. The summed E-state index contributed by atoms with van der Waals surface area (Å²) in [6, 6.07) is 6.41. The minimum absolute atomic E-state index is 0.00600. The topological polar surface area (TPSA) is 29.1 Å². The van der Waals surface area contributed by atoms with Crippen LogP contribution in [0.4, 0.5) is 0 Å². The van der Waals surface area contributed by atoms with E-state index in [1.165, 1.54) is 16.7 Å². The molecule has 0 aliphatic carbocycles. The lowest BCUT2D eigenvalue weighted by Gasteiger charge is -2.29. The van der Waals surface area contributed by atoms with E-state index in [9.17, 15) is 4.79 Å². The van der Waals surface area contributed by atoms with E-state index >= 15 is 0 Å². The Kier molecular flexibility index (Phi) is 3.23. The summed E-state index contributed by atoms with van der Waals surface area (Å²) in [5, 5.41) is 3.18. The summed E-state index contributed by atoms with van der Waals surface area (Å²) in [6.45, 7) is 6.48. The van der Waals surface area contributed by atoms with Crippen LogP contribution in [-0.2, 0) is 11.2 Å². The van der Waals surface area contributed by atoms with Gasteiger partial charge < -0.3 is 5.32 Å². The Bertz CT molecular complexity index is 418. The van der Waals surface area contributed by atoms with Gasteiger partial charge in [0.2, 0.25) is 5.91 Å². The molecule has 1 aliphatic rings. The Morgan fingerprint density at radius 1 is 1.29 bits per heavy atom. The second kappa shape index (κ2) is 4.52. The van der Waals surface area contributed by atoms with Crippen molar-refractivity contribution in [2.24, 2.45) is 0 Å². The van der Waals surface area contributed by atoms with E-state index in [1.807, 2.05) is 0 Å². The minimum Gasteiger partial charge on any atom is -0.350 e. The molecule has 1 aromatic rings. The molecule has 0 saturated carbocycles. The summed E-state index contributed by atoms with van der Waals surface area (Å²) >= 11 is 0. The first kappa shape index (κ1) is 12.2. The quantitative estimate of drug-likeness (QED) is 0.851. The fourth-order valence-corrected chi connectivity index (χ4v) is 2.76. The molecule has 0 spiro atoms. The van der Waals surface area contributed by atoms with E-state index in [1.54, 1.807) is 0 Å². The van der Waals surface area contributed by atoms with Crippen LogP contribution in [0.25, 0.3) is 0 Å². The maximum atomic E-state index is 11.5. The van der Waals surface area contributed by atoms with Gasteiger partial charge in [-0.2, -0.15) is 0 Å². The van der Waals surface area contributed by atoms with Crippen LogP contribution in [0.5, 0.6) is 0 Å². The summed E-state index contributed by atoms with van der Waals surface area (Å²) in [5.74, 6) is 0.207. The molecule has 0 radical (unpaired) electrons. The standard InChI is InChI=1S/C15H21NO/c1-4-15(9-8-14(17)16-15)10-13-11(2)6-5-7-12(13)3/h5-7H,4,8-10H2,1-3H3,(H,16,17). The van der Waals surface area contributed by atoms with Gasteiger partial charge in [-0.15, -0.1) is 0 Å². The van der Waals surface area contributed by atoms with E-state index in [2.05, 4.69) is 44.3 Å². The molecule has 1 saturated heterocycles. The fourth-order valence-electron chi connectivity index (χ4n) is 2.76. The number of carbonyl (C=O) groups is 1. The molecular formula is C15H21NO. The minimum atomic E-state index is -0.00600. The summed E-state index contributed by atoms with van der Waals surface area (Å²) in [7, 11) is 0. The van der Waals surface area contributed by atoms with Gasteiger partial charge in [-0.3, -0.25) is 4.79 Å². The lowest BCUT2D eigenvalue weighted by molar-refractivity contribution is -0.119. The second-order valence-electron chi connectivity index (χ2n) is 5.23. The number of hydrogen-bond acceptors (Lipinski definition) is 1. The Hall–Kier alpha value is -1.31. The maximum absolute atomic E-state index is 11.5. The van der Waals surface area contributed by atoms with Gasteiger partial charge in [-0.25, -0.2) is 0 Å². The summed E-state index contributed by atoms with van der Waals surface area (Å²) in [4.78, 5) is 11.5. The molecule has 1 aromatic carbocycles. The lowest BCUT2D eigenvalue weighted by atomic mass is 9.84. The Morgan fingerprint density at radius 2 is 1.94 bits per heavy atom. The molecule has 2 rings (SSSR count). The van der Waals surface area contributed by atoms with Crippen molar-refractivity contribution in [1.29, 1.82) is 0 Å². The summed E-state index contributed by atoms with van der Waals surface area (Å²) in [6.07, 6.45) is 3.62. The zero-order chi connectivity index (χ0) is 12.5. The number of nitrogens with one attached hydrogen (secondary N) is 1. The zero-order valence-electron chi connectivity index (χ0n) is 11.0. The van der Waals surface area contributed by atoms with Gasteiger partial charge in [-0.1, -0.05) is 25.1 Å². The van der Waals surface area contributed by atoms with Crippen molar-refractivity contribution in [3.63, 3.8) is 0 Å². The number of aryl methyl sites for hydroxylation is 2. The third-order valence-electron chi connectivity index (χ3n) is 4.07. The van der Waals surface area contributed by atoms with Crippen LogP contribution in [0.1, 0.15) is 42.9 Å². The number of hydrogen-bond donors (Lipinski definition) is 1. The average Bonchev–Trinajstić information content (AvgIpc) is 2.67. The first-order chi connectivity index (χ1) is 8.06. The van der Waals surface area contributed by atoms with Gasteiger partial charge in [0.25, 0.3) is 0 Å². The van der Waals surface area contributed by atoms with Crippen molar-refractivity contribution >= 4 is 5.91 Å². The monoisotopic (exact) mass is 231 g/mol. The van der Waals surface area contributed by atoms with E-state index in [0.717, 1.165) is 19.3 Å². The number of rotatable bonds is 3. The van der Waals surface area contributed by atoms with Crippen molar-refractivity contribution in [3.05, 3.63) is 34.9 Å². The predicted molar refractivity (Wildman–Crippen MR) is 70.0 cm³/mol. The molecule has 17 heavy (non-hydrogen) atoms. The first-order valence-electron chi connectivity index (χ1n) is 6.42. The zero-order valence-corrected chi connectivity index (χ0v) is 11.0. The number of amides is 1. The van der Waals surface area contributed by atoms with Crippen molar-refractivity contribution in [3.8, 4) is 0 Å². The molecule has 1 heterocycles. The fraction of sp³-hybridized carbons (Fsp3) is 0.533. The highest BCUT2D eigenvalue weighted by atomic mass is 16.2. The highest BCUT2D eigenvalue weighted by Crippen LogP contribution is 2.30. The second-order valence-corrected chi connectivity index (χ2v) is 5.23. The van der Waals surface area contributed by atoms with E-state index < -0.39 is 0 Å². The molecule has 1 atom stereocenters. The predicted octanol–water partition coefficient (Wildman–Crippen LogP) is 2.90. The van der Waals surface area contributed by atoms with Crippen LogP contribution in [0.2, 0.25) is 0 Å². The smallest absolute Gasteiger partial charge is 0.220 e. The SMILES string of the molecule is CCC1(Cc2c(C)cccc2C)CCC(=O)N1. The van der Waals surface area contributed by atoms with E-state index in [-0.39, 0.29) is 11.4 Å². The molecule has 1 aliphatic heterocycles. The summed E-state index contributed by atoms with van der Waals surface area (Å²) in [5.41, 5.74) is 4.06. The highest BCUT2D eigenvalue weighted by molar-refractivity contribution is 5.79. The van der Waals surface area contributed by atoms with Gasteiger partial charge in [0, 0.05) is 12.0 Å². The van der Waals surface area contributed by atoms with Gasteiger partial charge in [0.05, 0.1) is 0 Å². The van der Waals surface area contributed by atoms with Crippen LogP contribution < -0.4 is 5.32 Å². The largest absolute Gasteiger partial charge is 0.350 e. The summed E-state index contributed by atoms with van der Waals surface area (Å²) < 4.78 is 0. The first-order valence-corrected chi connectivity index (χ1v) is 6.42. The molecule has 2 nitrogen and oxygen atoms in total. The lowest BCUT2D eigenvalue weighted by Crippen LogP contribution is -2.43. The third-order valence-corrected chi connectivity index (χ3v) is 4.07. The van der Waals surface area contributed by atoms with Crippen LogP contribution >= 0.6 is 0 Å². The van der Waals surface area contributed by atoms with E-state index in [4.69, 9.17) is 0 Å². The Morgan fingerprint density at radius 3 is 2.41 bits per heavy atom. The Labute approximate surface area is 103 Å². The third kappa shape index (κ3) is 2.36. The normalized spacial score (nSPS) is 23.8. The van der Waals surface area contributed by atoms with Crippen molar-refractivity contribution < 1.29 is 4.79 Å². The molecular weight excluding hydrogens is 210 g/mol. The van der Waals surface area contributed by atoms with Gasteiger partial charge in [0.1, 0.15) is 0 Å². The molecule has 2 heteroatoms. The van der Waals surface area contributed by atoms with Gasteiger partial charge in [0.15, 0.2) is 0 Å². The molecule has 1 amide bonds.